The second-order valence-electron chi connectivity index (χ2n) is 6.76. The number of hydrogen-bond donors (Lipinski definition) is 2. The summed E-state index contributed by atoms with van der Waals surface area (Å²) >= 11 is 7.02. The van der Waals surface area contributed by atoms with Crippen LogP contribution in [0.5, 0.6) is 0 Å². The highest BCUT2D eigenvalue weighted by molar-refractivity contribution is 7.80. The molecule has 0 atom stereocenters. The molecule has 0 aliphatic heterocycles. The van der Waals surface area contributed by atoms with Gasteiger partial charge in [-0.1, -0.05) is 12.8 Å². The van der Waals surface area contributed by atoms with E-state index < -0.39 is 5.97 Å². The molecule has 0 unspecified atom stereocenters. The van der Waals surface area contributed by atoms with Crippen LogP contribution in [0.2, 0.25) is 0 Å². The first-order valence-corrected chi connectivity index (χ1v) is 10.7. The van der Waals surface area contributed by atoms with Gasteiger partial charge in [-0.3, -0.25) is 0 Å². The molecule has 0 radical (unpaired) electrons. The number of ether oxygens (including phenoxy) is 2. The van der Waals surface area contributed by atoms with E-state index in [-0.39, 0.29) is 5.97 Å². The van der Waals surface area contributed by atoms with E-state index in [1.165, 1.54) is 31.9 Å². The molecular formula is C21H24N2O4S2. The fourth-order valence-electron chi connectivity index (χ4n) is 3.40. The standard InChI is InChI=1S/C21H24N2O4S2/c1-26-19(24)13-9-11-14(12-10-13)22-21(28)23-18-17(20(25)27-2)15-7-5-3-4-6-8-16(15)29-18/h9-12H,3-8H2,1-2H3,(H2,22,23,28). The number of rotatable bonds is 4. The Kier molecular flexibility index (Phi) is 7.22. The zero-order valence-electron chi connectivity index (χ0n) is 16.5. The molecule has 0 saturated heterocycles. The lowest BCUT2D eigenvalue weighted by Crippen LogP contribution is -2.20. The number of anilines is 2. The Hall–Kier alpha value is -2.45. The van der Waals surface area contributed by atoms with Crippen LogP contribution >= 0.6 is 23.6 Å². The van der Waals surface area contributed by atoms with Crippen molar-refractivity contribution < 1.29 is 19.1 Å². The van der Waals surface area contributed by atoms with Gasteiger partial charge in [0.2, 0.25) is 0 Å². The smallest absolute Gasteiger partial charge is 0.341 e. The van der Waals surface area contributed by atoms with Crippen molar-refractivity contribution in [1.29, 1.82) is 0 Å². The third kappa shape index (κ3) is 5.13. The molecule has 2 aromatic rings. The van der Waals surface area contributed by atoms with Gasteiger partial charge < -0.3 is 20.1 Å². The Morgan fingerprint density at radius 1 is 0.931 bits per heavy atom. The lowest BCUT2D eigenvalue weighted by atomic mass is 9.96. The highest BCUT2D eigenvalue weighted by Gasteiger charge is 2.25. The summed E-state index contributed by atoms with van der Waals surface area (Å²) in [6.45, 7) is 0. The Morgan fingerprint density at radius 3 is 2.24 bits per heavy atom. The Balaban J connectivity index is 1.78. The van der Waals surface area contributed by atoms with Crippen molar-refractivity contribution in [3.8, 4) is 0 Å². The third-order valence-electron chi connectivity index (χ3n) is 4.85. The molecule has 8 heteroatoms. The van der Waals surface area contributed by atoms with Gasteiger partial charge in [0.25, 0.3) is 0 Å². The maximum atomic E-state index is 12.5. The van der Waals surface area contributed by atoms with Crippen molar-refractivity contribution in [3.63, 3.8) is 0 Å². The minimum absolute atomic E-state index is 0.337. The molecule has 1 aliphatic rings. The van der Waals surface area contributed by atoms with Crippen LogP contribution in [-0.2, 0) is 22.3 Å². The molecule has 2 N–H and O–H groups in total. The predicted octanol–water partition coefficient (Wildman–Crippen LogP) is 4.79. The first-order valence-electron chi connectivity index (χ1n) is 9.52. The topological polar surface area (TPSA) is 76.7 Å². The second-order valence-corrected chi connectivity index (χ2v) is 8.28. The van der Waals surface area contributed by atoms with Gasteiger partial charge in [0, 0.05) is 10.6 Å². The molecule has 0 bridgehead atoms. The van der Waals surface area contributed by atoms with Gasteiger partial charge in [0.05, 0.1) is 25.3 Å². The van der Waals surface area contributed by atoms with E-state index in [1.807, 2.05) is 0 Å². The molecule has 0 spiro atoms. The van der Waals surface area contributed by atoms with Crippen LogP contribution in [0.25, 0.3) is 0 Å². The van der Waals surface area contributed by atoms with Gasteiger partial charge in [-0.15, -0.1) is 11.3 Å². The van der Waals surface area contributed by atoms with E-state index in [1.54, 1.807) is 35.6 Å². The van der Waals surface area contributed by atoms with Gasteiger partial charge in [0.1, 0.15) is 5.00 Å². The molecule has 3 rings (SSSR count). The number of esters is 2. The number of fused-ring (bicyclic) bond motifs is 1. The number of carbonyl (C=O) groups is 2. The largest absolute Gasteiger partial charge is 0.465 e. The lowest BCUT2D eigenvalue weighted by molar-refractivity contribution is 0.0592. The van der Waals surface area contributed by atoms with Crippen molar-refractivity contribution >= 4 is 51.3 Å². The van der Waals surface area contributed by atoms with Gasteiger partial charge in [-0.25, -0.2) is 9.59 Å². The average molecular weight is 433 g/mol. The highest BCUT2D eigenvalue weighted by atomic mass is 32.1. The van der Waals surface area contributed by atoms with Crippen molar-refractivity contribution in [2.45, 2.75) is 38.5 Å². The summed E-state index contributed by atoms with van der Waals surface area (Å²) < 4.78 is 9.74. The monoisotopic (exact) mass is 432 g/mol. The zero-order chi connectivity index (χ0) is 20.8. The summed E-state index contributed by atoms with van der Waals surface area (Å²) in [7, 11) is 2.75. The van der Waals surface area contributed by atoms with Crippen LogP contribution in [0.1, 0.15) is 56.8 Å². The van der Waals surface area contributed by atoms with Crippen molar-refractivity contribution in [2.24, 2.45) is 0 Å². The minimum atomic E-state index is -0.393. The van der Waals surface area contributed by atoms with Crippen LogP contribution in [0.3, 0.4) is 0 Å². The van der Waals surface area contributed by atoms with E-state index in [0.29, 0.717) is 21.2 Å². The first kappa shape index (κ1) is 21.3. The first-order chi connectivity index (χ1) is 14.0. The number of benzene rings is 1. The number of carbonyl (C=O) groups excluding carboxylic acids is 2. The Labute approximate surface area is 179 Å². The minimum Gasteiger partial charge on any atom is -0.465 e. The van der Waals surface area contributed by atoms with E-state index in [0.717, 1.165) is 36.9 Å². The lowest BCUT2D eigenvalue weighted by Gasteiger charge is -2.12. The molecule has 0 amide bonds. The van der Waals surface area contributed by atoms with Crippen LogP contribution in [-0.4, -0.2) is 31.3 Å². The Bertz CT molecular complexity index is 906. The maximum Gasteiger partial charge on any atom is 0.341 e. The summed E-state index contributed by atoms with van der Waals surface area (Å²) in [5.74, 6) is -0.730. The molecule has 1 aromatic carbocycles. The maximum absolute atomic E-state index is 12.5. The number of methoxy groups -OCH3 is 2. The van der Waals surface area contributed by atoms with Gasteiger partial charge in [-0.2, -0.15) is 0 Å². The fraction of sp³-hybridized carbons (Fsp3) is 0.381. The van der Waals surface area contributed by atoms with E-state index in [9.17, 15) is 9.59 Å². The van der Waals surface area contributed by atoms with Crippen molar-refractivity contribution in [3.05, 3.63) is 45.8 Å². The number of nitrogens with one attached hydrogen (secondary N) is 2. The number of thiocarbonyl (C=S) groups is 1. The molecule has 0 fully saturated rings. The number of aryl methyl sites for hydroxylation is 1. The SMILES string of the molecule is COC(=O)c1ccc(NC(=S)Nc2sc3c(c2C(=O)OC)CCCCCC3)cc1. The molecule has 1 aromatic heterocycles. The molecular weight excluding hydrogens is 408 g/mol. The van der Waals surface area contributed by atoms with E-state index >= 15 is 0 Å². The van der Waals surface area contributed by atoms with Crippen LogP contribution in [0.4, 0.5) is 10.7 Å². The van der Waals surface area contributed by atoms with Crippen molar-refractivity contribution in [1.82, 2.24) is 0 Å². The van der Waals surface area contributed by atoms with Gasteiger partial charge >= 0.3 is 11.9 Å². The van der Waals surface area contributed by atoms with Gasteiger partial charge in [-0.05, 0) is 67.7 Å². The second kappa shape index (κ2) is 9.84. The predicted molar refractivity (Wildman–Crippen MR) is 119 cm³/mol. The quantitative estimate of drug-likeness (QED) is 0.531. The normalized spacial score (nSPS) is 13.4. The van der Waals surface area contributed by atoms with Crippen LogP contribution in [0, 0.1) is 0 Å². The van der Waals surface area contributed by atoms with Crippen LogP contribution < -0.4 is 10.6 Å². The zero-order valence-corrected chi connectivity index (χ0v) is 18.1. The highest BCUT2D eigenvalue weighted by Crippen LogP contribution is 2.37. The van der Waals surface area contributed by atoms with E-state index in [4.69, 9.17) is 21.7 Å². The van der Waals surface area contributed by atoms with Crippen molar-refractivity contribution in [2.75, 3.05) is 24.9 Å². The fourth-order valence-corrected chi connectivity index (χ4v) is 4.96. The number of hydrogen-bond acceptors (Lipinski definition) is 6. The van der Waals surface area contributed by atoms with E-state index in [2.05, 4.69) is 10.6 Å². The summed E-state index contributed by atoms with van der Waals surface area (Å²) in [6.07, 6.45) is 6.45. The average Bonchev–Trinajstić information content (AvgIpc) is 3.03. The summed E-state index contributed by atoms with van der Waals surface area (Å²) in [4.78, 5) is 25.2. The third-order valence-corrected chi connectivity index (χ3v) is 6.26. The molecule has 29 heavy (non-hydrogen) atoms. The summed E-state index contributed by atoms with van der Waals surface area (Å²) in [5, 5.41) is 7.34. The molecule has 6 nitrogen and oxygen atoms in total. The molecule has 154 valence electrons. The van der Waals surface area contributed by atoms with Gasteiger partial charge in [0.15, 0.2) is 5.11 Å². The summed E-state index contributed by atoms with van der Waals surface area (Å²) in [5.41, 5.74) is 2.88. The summed E-state index contributed by atoms with van der Waals surface area (Å²) in [6, 6.07) is 6.81. The Morgan fingerprint density at radius 2 is 1.59 bits per heavy atom. The van der Waals surface area contributed by atoms with Crippen LogP contribution in [0.15, 0.2) is 24.3 Å². The molecule has 1 heterocycles. The number of thiophene rings is 1. The molecule has 0 saturated carbocycles. The molecule has 1 aliphatic carbocycles.